The lowest BCUT2D eigenvalue weighted by atomic mass is 10.1. The number of anilines is 1. The molecule has 0 saturated heterocycles. The molecule has 0 aliphatic carbocycles. The van der Waals surface area contributed by atoms with Crippen LogP contribution in [0.25, 0.3) is 0 Å². The van der Waals surface area contributed by atoms with Crippen molar-refractivity contribution in [2.24, 2.45) is 0 Å². The van der Waals surface area contributed by atoms with Gasteiger partial charge < -0.3 is 14.2 Å². The number of carbonyl (C=O) groups excluding carboxylic acids is 3. The Morgan fingerprint density at radius 1 is 0.853 bits per heavy atom. The van der Waals surface area contributed by atoms with Crippen LogP contribution in [0.5, 0.6) is 17.2 Å². The molecule has 0 aromatic heterocycles. The minimum atomic E-state index is -0.470. The van der Waals surface area contributed by atoms with E-state index in [1.54, 1.807) is 48.5 Å². The maximum Gasteiger partial charge on any atom is 0.263 e. The van der Waals surface area contributed by atoms with Gasteiger partial charge >= 0.3 is 0 Å². The van der Waals surface area contributed by atoms with Crippen molar-refractivity contribution in [1.29, 1.82) is 0 Å². The highest BCUT2D eigenvalue weighted by molar-refractivity contribution is 9.10. The van der Waals surface area contributed by atoms with E-state index < -0.39 is 17.7 Å². The van der Waals surface area contributed by atoms with E-state index in [4.69, 9.17) is 14.2 Å². The molecule has 0 N–H and O–H groups in total. The molecule has 3 aromatic rings. The number of para-hydroxylation sites is 1. The fourth-order valence-electron chi connectivity index (χ4n) is 3.79. The first-order chi connectivity index (χ1) is 16.4. The molecule has 0 saturated carbocycles. The molecular weight excluding hydrogens is 504 g/mol. The molecule has 0 spiro atoms. The van der Waals surface area contributed by atoms with Crippen LogP contribution < -0.4 is 19.1 Å². The predicted octanol–water partition coefficient (Wildman–Crippen LogP) is 4.38. The van der Waals surface area contributed by atoms with Crippen LogP contribution >= 0.6 is 15.9 Å². The Bertz CT molecular complexity index is 1230. The van der Waals surface area contributed by atoms with Gasteiger partial charge in [0.25, 0.3) is 17.7 Å². The standard InChI is InChI=1S/C25H21BrN2O6/c1-32-20-12-15(13-21(33-2)22(20)34-3)23(29)27(19-11-7-6-10-18(19)26)14-28-24(30)16-8-4-5-9-17(16)25(28)31/h4-13H,14H2,1-3H3. The zero-order valence-corrected chi connectivity index (χ0v) is 20.3. The van der Waals surface area contributed by atoms with Crippen molar-refractivity contribution in [3.8, 4) is 17.2 Å². The number of hydrogen-bond donors (Lipinski definition) is 0. The summed E-state index contributed by atoms with van der Waals surface area (Å²) in [6.07, 6.45) is 0. The van der Waals surface area contributed by atoms with Crippen molar-refractivity contribution in [1.82, 2.24) is 4.90 Å². The molecule has 3 amide bonds. The van der Waals surface area contributed by atoms with Crippen LogP contribution in [0, 0.1) is 0 Å². The van der Waals surface area contributed by atoms with E-state index in [0.29, 0.717) is 38.5 Å². The Morgan fingerprint density at radius 2 is 1.38 bits per heavy atom. The van der Waals surface area contributed by atoms with Gasteiger partial charge in [0.15, 0.2) is 11.5 Å². The van der Waals surface area contributed by atoms with E-state index >= 15 is 0 Å². The second kappa shape index (κ2) is 9.56. The summed E-state index contributed by atoms with van der Waals surface area (Å²) >= 11 is 3.47. The molecule has 3 aromatic carbocycles. The summed E-state index contributed by atoms with van der Waals surface area (Å²) in [7, 11) is 4.38. The molecule has 1 aliphatic heterocycles. The van der Waals surface area contributed by atoms with Crippen LogP contribution in [0.3, 0.4) is 0 Å². The summed E-state index contributed by atoms with van der Waals surface area (Å²) in [6, 6.07) is 16.7. The highest BCUT2D eigenvalue weighted by Crippen LogP contribution is 2.39. The van der Waals surface area contributed by atoms with Gasteiger partial charge in [-0.25, -0.2) is 0 Å². The van der Waals surface area contributed by atoms with Crippen LogP contribution in [0.1, 0.15) is 31.1 Å². The van der Waals surface area contributed by atoms with E-state index in [1.807, 2.05) is 0 Å². The van der Waals surface area contributed by atoms with E-state index in [-0.39, 0.29) is 12.2 Å². The molecule has 0 unspecified atom stereocenters. The summed E-state index contributed by atoms with van der Waals surface area (Å²) in [5, 5.41) is 0. The quantitative estimate of drug-likeness (QED) is 0.426. The van der Waals surface area contributed by atoms with E-state index in [0.717, 1.165) is 4.90 Å². The number of methoxy groups -OCH3 is 3. The number of hydrogen-bond acceptors (Lipinski definition) is 6. The number of amides is 3. The summed E-state index contributed by atoms with van der Waals surface area (Å²) in [5.74, 6) is -0.446. The molecule has 34 heavy (non-hydrogen) atoms. The first-order valence-electron chi connectivity index (χ1n) is 10.2. The number of nitrogens with zero attached hydrogens (tertiary/aromatic N) is 2. The van der Waals surface area contributed by atoms with E-state index in [1.165, 1.54) is 38.4 Å². The van der Waals surface area contributed by atoms with Crippen molar-refractivity contribution >= 4 is 39.3 Å². The number of rotatable bonds is 7. The van der Waals surface area contributed by atoms with Crippen LogP contribution in [-0.2, 0) is 0 Å². The van der Waals surface area contributed by atoms with Gasteiger partial charge in [-0.15, -0.1) is 0 Å². The van der Waals surface area contributed by atoms with E-state index in [9.17, 15) is 14.4 Å². The Labute approximate surface area is 204 Å². The second-order valence-electron chi connectivity index (χ2n) is 7.32. The summed E-state index contributed by atoms with van der Waals surface area (Å²) in [6.45, 7) is -0.287. The topological polar surface area (TPSA) is 85.4 Å². The Balaban J connectivity index is 1.78. The highest BCUT2D eigenvalue weighted by atomic mass is 79.9. The largest absolute Gasteiger partial charge is 0.493 e. The van der Waals surface area contributed by atoms with Gasteiger partial charge in [0.05, 0.1) is 38.1 Å². The monoisotopic (exact) mass is 524 g/mol. The Morgan fingerprint density at radius 3 is 1.88 bits per heavy atom. The van der Waals surface area contributed by atoms with E-state index in [2.05, 4.69) is 15.9 Å². The SMILES string of the molecule is COc1cc(C(=O)N(CN2C(=O)c3ccccc3C2=O)c2ccccc2Br)cc(OC)c1OC. The van der Waals surface area contributed by atoms with Crippen molar-refractivity contribution in [2.75, 3.05) is 32.9 Å². The first kappa shape index (κ1) is 23.3. The van der Waals surface area contributed by atoms with Crippen molar-refractivity contribution in [3.63, 3.8) is 0 Å². The molecule has 0 radical (unpaired) electrons. The Hall–Kier alpha value is -3.85. The Kier molecular flexibility index (Phi) is 6.56. The smallest absolute Gasteiger partial charge is 0.263 e. The van der Waals surface area contributed by atoms with Crippen LogP contribution in [0.15, 0.2) is 65.1 Å². The number of carbonyl (C=O) groups is 3. The normalized spacial score (nSPS) is 12.4. The maximum absolute atomic E-state index is 13.8. The van der Waals surface area contributed by atoms with Crippen molar-refractivity contribution < 1.29 is 28.6 Å². The molecule has 9 heteroatoms. The molecule has 0 atom stereocenters. The fourth-order valence-corrected chi connectivity index (χ4v) is 4.29. The minimum absolute atomic E-state index is 0.224. The lowest BCUT2D eigenvalue weighted by Gasteiger charge is -2.28. The van der Waals surface area contributed by atoms with Crippen LogP contribution in [-0.4, -0.2) is 50.6 Å². The number of benzene rings is 3. The lowest BCUT2D eigenvalue weighted by Crippen LogP contribution is -2.44. The third kappa shape index (κ3) is 3.99. The van der Waals surface area contributed by atoms with Gasteiger partial charge in [0.1, 0.15) is 6.67 Å². The van der Waals surface area contributed by atoms with Gasteiger partial charge in [-0.3, -0.25) is 24.2 Å². The highest BCUT2D eigenvalue weighted by Gasteiger charge is 2.38. The summed E-state index contributed by atoms with van der Waals surface area (Å²) < 4.78 is 16.7. The first-order valence-corrected chi connectivity index (χ1v) is 11.0. The zero-order chi connectivity index (χ0) is 24.4. The molecule has 8 nitrogen and oxygen atoms in total. The molecule has 0 bridgehead atoms. The average Bonchev–Trinajstić information content (AvgIpc) is 3.11. The summed E-state index contributed by atoms with van der Waals surface area (Å²) in [4.78, 5) is 42.2. The zero-order valence-electron chi connectivity index (χ0n) is 18.7. The third-order valence-electron chi connectivity index (χ3n) is 5.46. The minimum Gasteiger partial charge on any atom is -0.493 e. The molecule has 1 aliphatic rings. The van der Waals surface area contributed by atoms with Crippen molar-refractivity contribution in [3.05, 3.63) is 81.8 Å². The lowest BCUT2D eigenvalue weighted by molar-refractivity contribution is 0.0650. The number of fused-ring (bicyclic) bond motifs is 1. The number of halogens is 1. The van der Waals surface area contributed by atoms with Crippen LogP contribution in [0.2, 0.25) is 0 Å². The number of imide groups is 1. The van der Waals surface area contributed by atoms with Gasteiger partial charge in [-0.05, 0) is 52.3 Å². The van der Waals surface area contributed by atoms with Gasteiger partial charge in [-0.2, -0.15) is 0 Å². The predicted molar refractivity (Wildman–Crippen MR) is 129 cm³/mol. The van der Waals surface area contributed by atoms with Gasteiger partial charge in [-0.1, -0.05) is 24.3 Å². The maximum atomic E-state index is 13.8. The second-order valence-corrected chi connectivity index (χ2v) is 8.18. The summed E-state index contributed by atoms with van der Waals surface area (Å²) in [5.41, 5.74) is 1.32. The van der Waals surface area contributed by atoms with Gasteiger partial charge in [0.2, 0.25) is 5.75 Å². The van der Waals surface area contributed by atoms with Crippen LogP contribution in [0.4, 0.5) is 5.69 Å². The molecule has 4 rings (SSSR count). The molecule has 174 valence electrons. The molecular formula is C25H21BrN2O6. The van der Waals surface area contributed by atoms with Gasteiger partial charge in [0, 0.05) is 10.0 Å². The molecule has 0 fully saturated rings. The third-order valence-corrected chi connectivity index (χ3v) is 6.13. The fraction of sp³-hybridized carbons (Fsp3) is 0.160. The average molecular weight is 525 g/mol. The number of ether oxygens (including phenoxy) is 3. The van der Waals surface area contributed by atoms with Crippen molar-refractivity contribution in [2.45, 2.75) is 0 Å². The molecule has 1 heterocycles.